The van der Waals surface area contributed by atoms with Crippen molar-refractivity contribution < 1.29 is 33.0 Å². The predicted molar refractivity (Wildman–Crippen MR) is 132 cm³/mol. The highest BCUT2D eigenvalue weighted by atomic mass is 35.5. The predicted octanol–water partition coefficient (Wildman–Crippen LogP) is 5.01. The number of hydrogen-bond acceptors (Lipinski definition) is 5. The fraction of sp³-hybridized carbons (Fsp3) is 0.320. The Morgan fingerprint density at radius 2 is 1.61 bits per heavy atom. The quantitative estimate of drug-likeness (QED) is 0.351. The van der Waals surface area contributed by atoms with Crippen LogP contribution in [-0.2, 0) is 4.79 Å². The van der Waals surface area contributed by atoms with Gasteiger partial charge in [0.1, 0.15) is 22.9 Å². The van der Waals surface area contributed by atoms with Crippen molar-refractivity contribution in [3.8, 4) is 5.75 Å². The molecule has 190 valence electrons. The molecule has 7 nitrogen and oxygen atoms in total. The van der Waals surface area contributed by atoms with Crippen molar-refractivity contribution in [1.82, 2.24) is 10.6 Å². The molecule has 1 aromatic heterocycles. The normalized spacial score (nSPS) is 17.5. The fourth-order valence-electron chi connectivity index (χ4n) is 4.11. The standard InChI is InChI=1S/C25H23ClF2N2O5S/c26-15-3-6-20-14(9-15)10-21(36-20)23(31)29-7-8-30-24(32)22-18(27)11-17(12-19(22)28)35-16-4-1-13(2-5-16)25(33)34/h3,6,9-13,16H,1-2,4-5,7-8H2,(H,29,31)(H,30,32)(H,33,34)/t13-,16+. The molecular weight excluding hydrogens is 514 g/mol. The number of carboxylic acid groups (broad SMARTS) is 1. The maximum Gasteiger partial charge on any atom is 0.306 e. The van der Waals surface area contributed by atoms with E-state index in [1.165, 1.54) is 11.3 Å². The first kappa shape index (κ1) is 25.8. The van der Waals surface area contributed by atoms with Gasteiger partial charge in [-0.25, -0.2) is 8.78 Å². The van der Waals surface area contributed by atoms with Gasteiger partial charge in [-0.05, 0) is 55.3 Å². The molecule has 0 spiro atoms. The number of carbonyl (C=O) groups is 3. The Morgan fingerprint density at radius 1 is 0.972 bits per heavy atom. The summed E-state index contributed by atoms with van der Waals surface area (Å²) in [4.78, 5) is 36.2. The van der Waals surface area contributed by atoms with E-state index < -0.39 is 35.0 Å². The van der Waals surface area contributed by atoms with Crippen molar-refractivity contribution in [1.29, 1.82) is 0 Å². The maximum absolute atomic E-state index is 14.5. The van der Waals surface area contributed by atoms with Crippen LogP contribution in [0.5, 0.6) is 5.75 Å². The lowest BCUT2D eigenvalue weighted by molar-refractivity contribution is -0.143. The van der Waals surface area contributed by atoms with Gasteiger partial charge in [-0.15, -0.1) is 11.3 Å². The van der Waals surface area contributed by atoms with Gasteiger partial charge in [-0.1, -0.05) is 11.6 Å². The minimum Gasteiger partial charge on any atom is -0.490 e. The van der Waals surface area contributed by atoms with E-state index in [1.54, 1.807) is 18.2 Å². The van der Waals surface area contributed by atoms with E-state index >= 15 is 0 Å². The summed E-state index contributed by atoms with van der Waals surface area (Å²) in [6, 6.07) is 8.91. The van der Waals surface area contributed by atoms with E-state index in [9.17, 15) is 23.2 Å². The molecule has 36 heavy (non-hydrogen) atoms. The molecule has 4 rings (SSSR count). The number of ether oxygens (including phenoxy) is 1. The second kappa shape index (κ2) is 11.2. The van der Waals surface area contributed by atoms with Gasteiger partial charge in [-0.2, -0.15) is 0 Å². The van der Waals surface area contributed by atoms with Gasteiger partial charge in [0.05, 0.1) is 16.9 Å². The summed E-state index contributed by atoms with van der Waals surface area (Å²) in [7, 11) is 0. The molecule has 11 heteroatoms. The lowest BCUT2D eigenvalue weighted by Crippen LogP contribution is -2.35. The van der Waals surface area contributed by atoms with Crippen LogP contribution in [0.25, 0.3) is 10.1 Å². The minimum absolute atomic E-state index is 0.0365. The highest BCUT2D eigenvalue weighted by Gasteiger charge is 2.28. The number of hydrogen-bond donors (Lipinski definition) is 3. The molecule has 0 unspecified atom stereocenters. The van der Waals surface area contributed by atoms with E-state index in [-0.39, 0.29) is 30.9 Å². The zero-order chi connectivity index (χ0) is 25.8. The van der Waals surface area contributed by atoms with Crippen LogP contribution in [-0.4, -0.2) is 42.1 Å². The molecule has 1 aliphatic carbocycles. The van der Waals surface area contributed by atoms with E-state index in [4.69, 9.17) is 21.4 Å². The first-order chi connectivity index (χ1) is 17.2. The van der Waals surface area contributed by atoms with E-state index in [0.29, 0.717) is 35.6 Å². The molecule has 1 saturated carbocycles. The van der Waals surface area contributed by atoms with Gasteiger partial charge in [0.25, 0.3) is 11.8 Å². The summed E-state index contributed by atoms with van der Waals surface area (Å²) < 4.78 is 35.6. The fourth-order valence-corrected chi connectivity index (χ4v) is 5.25. The Balaban J connectivity index is 1.27. The van der Waals surface area contributed by atoms with E-state index in [0.717, 1.165) is 22.2 Å². The Hall–Kier alpha value is -3.24. The number of thiophene rings is 1. The zero-order valence-corrected chi connectivity index (χ0v) is 20.6. The molecule has 0 aliphatic heterocycles. The molecule has 1 aliphatic rings. The Kier molecular flexibility index (Phi) is 8.05. The van der Waals surface area contributed by atoms with E-state index in [1.807, 2.05) is 6.07 Å². The minimum atomic E-state index is -1.07. The summed E-state index contributed by atoms with van der Waals surface area (Å²) in [6.45, 7) is 0.0221. The average molecular weight is 537 g/mol. The molecule has 0 radical (unpaired) electrons. The first-order valence-corrected chi connectivity index (χ1v) is 12.5. The molecule has 0 atom stereocenters. The summed E-state index contributed by atoms with van der Waals surface area (Å²) in [5, 5.41) is 15.5. The summed E-state index contributed by atoms with van der Waals surface area (Å²) in [6.07, 6.45) is 1.44. The van der Waals surface area contributed by atoms with Crippen molar-refractivity contribution >= 4 is 50.8 Å². The molecule has 0 saturated heterocycles. The number of carboxylic acids is 1. The lowest BCUT2D eigenvalue weighted by atomic mass is 9.87. The number of nitrogens with one attached hydrogen (secondary N) is 2. The second-order valence-electron chi connectivity index (χ2n) is 8.50. The number of halogens is 3. The number of aliphatic carboxylic acids is 1. The van der Waals surface area contributed by atoms with Gasteiger partial charge in [0, 0.05) is 34.9 Å². The monoisotopic (exact) mass is 536 g/mol. The van der Waals surface area contributed by atoms with Gasteiger partial charge >= 0.3 is 5.97 Å². The summed E-state index contributed by atoms with van der Waals surface area (Å²) >= 11 is 7.26. The number of fused-ring (bicyclic) bond motifs is 1. The summed E-state index contributed by atoms with van der Waals surface area (Å²) in [5.41, 5.74) is -0.746. The highest BCUT2D eigenvalue weighted by Crippen LogP contribution is 2.30. The molecule has 2 aromatic carbocycles. The molecule has 0 bridgehead atoms. The average Bonchev–Trinajstić information content (AvgIpc) is 3.25. The number of carbonyl (C=O) groups excluding carboxylic acids is 2. The van der Waals surface area contributed by atoms with Crippen molar-refractivity contribution in [2.45, 2.75) is 31.8 Å². The third kappa shape index (κ3) is 6.11. The van der Waals surface area contributed by atoms with Gasteiger partial charge in [0.2, 0.25) is 0 Å². The number of rotatable bonds is 8. The molecule has 3 N–H and O–H groups in total. The topological polar surface area (TPSA) is 105 Å². The van der Waals surface area contributed by atoms with Crippen LogP contribution in [0.15, 0.2) is 36.4 Å². The lowest BCUT2D eigenvalue weighted by Gasteiger charge is -2.26. The number of benzene rings is 2. The molecular formula is C25H23ClF2N2O5S. The molecule has 1 heterocycles. The number of amides is 2. The molecule has 3 aromatic rings. The molecule has 1 fully saturated rings. The van der Waals surface area contributed by atoms with Crippen molar-refractivity contribution in [3.05, 3.63) is 63.5 Å². The third-order valence-corrected chi connectivity index (χ3v) is 7.32. The summed E-state index contributed by atoms with van der Waals surface area (Å²) in [5.74, 6) is -4.78. The van der Waals surface area contributed by atoms with Crippen molar-refractivity contribution in [2.24, 2.45) is 5.92 Å². The van der Waals surface area contributed by atoms with Crippen LogP contribution in [0, 0.1) is 17.6 Å². The van der Waals surface area contributed by atoms with Gasteiger partial charge < -0.3 is 20.5 Å². The van der Waals surface area contributed by atoms with Crippen molar-refractivity contribution in [3.63, 3.8) is 0 Å². The second-order valence-corrected chi connectivity index (χ2v) is 10.0. The van der Waals surface area contributed by atoms with Gasteiger partial charge in [0.15, 0.2) is 0 Å². The van der Waals surface area contributed by atoms with Crippen LogP contribution in [0.1, 0.15) is 45.7 Å². The van der Waals surface area contributed by atoms with Gasteiger partial charge in [-0.3, -0.25) is 14.4 Å². The SMILES string of the molecule is O=C(NCCNC(=O)c1c(F)cc(O[C@H]2CC[C@@H](C(=O)O)CC2)cc1F)c1cc2cc(Cl)ccc2s1. The highest BCUT2D eigenvalue weighted by molar-refractivity contribution is 7.20. The largest absolute Gasteiger partial charge is 0.490 e. The maximum atomic E-state index is 14.5. The van der Waals surface area contributed by atoms with Crippen LogP contribution >= 0.6 is 22.9 Å². The van der Waals surface area contributed by atoms with Crippen LogP contribution in [0.4, 0.5) is 8.78 Å². The van der Waals surface area contributed by atoms with Crippen LogP contribution in [0.2, 0.25) is 5.02 Å². The van der Waals surface area contributed by atoms with Crippen molar-refractivity contribution in [2.75, 3.05) is 13.1 Å². The third-order valence-electron chi connectivity index (χ3n) is 5.97. The molecule has 2 amide bonds. The Bertz CT molecular complexity index is 1280. The van der Waals surface area contributed by atoms with E-state index in [2.05, 4.69) is 10.6 Å². The smallest absolute Gasteiger partial charge is 0.306 e. The van der Waals surface area contributed by atoms with Crippen LogP contribution < -0.4 is 15.4 Å². The Morgan fingerprint density at radius 3 is 2.25 bits per heavy atom. The van der Waals surface area contributed by atoms with Crippen LogP contribution in [0.3, 0.4) is 0 Å². The zero-order valence-electron chi connectivity index (χ0n) is 19.0. The Labute approximate surface area is 214 Å². The first-order valence-electron chi connectivity index (χ1n) is 11.3.